The smallest absolute Gasteiger partial charge is 0.188 e. The molecule has 1 saturated heterocycles. The van der Waals surface area contributed by atoms with E-state index in [1.54, 1.807) is 10.9 Å². The molecule has 0 spiro atoms. The molecule has 0 saturated carbocycles. The topological polar surface area (TPSA) is 46.9 Å². The Bertz CT molecular complexity index is 461. The van der Waals surface area contributed by atoms with Gasteiger partial charge in [0.25, 0.3) is 0 Å². The molecule has 1 aliphatic rings. The number of nitrogens with one attached hydrogen (secondary N) is 1. The van der Waals surface area contributed by atoms with Gasteiger partial charge in [0, 0.05) is 11.5 Å². The molecule has 19 heavy (non-hydrogen) atoms. The molecule has 1 fully saturated rings. The molecule has 1 aromatic rings. The summed E-state index contributed by atoms with van der Waals surface area (Å²) in [5, 5.41) is 8.04. The number of rotatable bonds is 4. The normalized spacial score (nSPS) is 18.8. The van der Waals surface area contributed by atoms with Crippen LogP contribution in [0.3, 0.4) is 0 Å². The van der Waals surface area contributed by atoms with E-state index in [0.29, 0.717) is 10.7 Å². The summed E-state index contributed by atoms with van der Waals surface area (Å²) < 4.78 is 1.75. The largest absolute Gasteiger partial charge is 0.317 e. The van der Waals surface area contributed by atoms with E-state index in [1.165, 1.54) is 0 Å². The number of nitrogens with zero attached hydrogens (tertiary/aromatic N) is 2. The van der Waals surface area contributed by atoms with Crippen molar-refractivity contribution in [2.75, 3.05) is 13.1 Å². The second-order valence-electron chi connectivity index (χ2n) is 5.59. The van der Waals surface area contributed by atoms with Crippen LogP contribution in [0.1, 0.15) is 56.6 Å². The highest BCUT2D eigenvalue weighted by atomic mass is 35.5. The summed E-state index contributed by atoms with van der Waals surface area (Å²) in [6.07, 6.45) is 4.19. The van der Waals surface area contributed by atoms with Crippen molar-refractivity contribution >= 4 is 17.4 Å². The number of carbonyl (C=O) groups excluding carboxylic acids is 1. The number of Topliss-reactive ketones (excluding diaryl/α,β-unsaturated/α-hetero) is 1. The predicted octanol–water partition coefficient (Wildman–Crippen LogP) is 3.08. The highest BCUT2D eigenvalue weighted by Crippen LogP contribution is 2.38. The van der Waals surface area contributed by atoms with E-state index in [2.05, 4.69) is 17.3 Å². The highest BCUT2D eigenvalue weighted by molar-refractivity contribution is 6.33. The van der Waals surface area contributed by atoms with Crippen LogP contribution < -0.4 is 5.32 Å². The van der Waals surface area contributed by atoms with Gasteiger partial charge in [0.05, 0.1) is 11.2 Å². The summed E-state index contributed by atoms with van der Waals surface area (Å²) in [6, 6.07) is 0.141. The molecule has 0 unspecified atom stereocenters. The molecule has 0 aliphatic carbocycles. The number of carbonyl (C=O) groups is 1. The van der Waals surface area contributed by atoms with Crippen molar-refractivity contribution in [3.63, 3.8) is 0 Å². The van der Waals surface area contributed by atoms with Crippen LogP contribution >= 0.6 is 11.6 Å². The van der Waals surface area contributed by atoms with E-state index < -0.39 is 0 Å². The van der Waals surface area contributed by atoms with E-state index in [9.17, 15) is 4.79 Å². The van der Waals surface area contributed by atoms with E-state index in [4.69, 9.17) is 11.6 Å². The van der Waals surface area contributed by atoms with Crippen molar-refractivity contribution in [1.29, 1.82) is 0 Å². The minimum Gasteiger partial charge on any atom is -0.317 e. The van der Waals surface area contributed by atoms with Crippen molar-refractivity contribution < 1.29 is 4.79 Å². The van der Waals surface area contributed by atoms with Crippen molar-refractivity contribution in [2.45, 2.75) is 46.1 Å². The van der Waals surface area contributed by atoms with E-state index in [-0.39, 0.29) is 17.2 Å². The van der Waals surface area contributed by atoms with Gasteiger partial charge in [-0.3, -0.25) is 9.48 Å². The first-order valence-corrected chi connectivity index (χ1v) is 7.38. The maximum Gasteiger partial charge on any atom is 0.188 e. The van der Waals surface area contributed by atoms with Gasteiger partial charge < -0.3 is 5.32 Å². The second kappa shape index (κ2) is 5.63. The van der Waals surface area contributed by atoms with E-state index in [1.807, 2.05) is 13.8 Å². The van der Waals surface area contributed by atoms with Crippen LogP contribution in [0.15, 0.2) is 6.20 Å². The molecular weight excluding hydrogens is 262 g/mol. The molecule has 1 aliphatic heterocycles. The van der Waals surface area contributed by atoms with Crippen LogP contribution in [0.5, 0.6) is 0 Å². The minimum atomic E-state index is -0.276. The third kappa shape index (κ3) is 2.56. The van der Waals surface area contributed by atoms with E-state index >= 15 is 0 Å². The average molecular weight is 284 g/mol. The molecule has 0 aromatic carbocycles. The zero-order chi connectivity index (χ0) is 14.0. The average Bonchev–Trinajstić information content (AvgIpc) is 2.80. The van der Waals surface area contributed by atoms with Gasteiger partial charge in [-0.25, -0.2) is 0 Å². The van der Waals surface area contributed by atoms with Crippen LogP contribution in [0.25, 0.3) is 0 Å². The SMILES string of the molecule is CCC1(C(=O)c2c(Cl)cnn2C(C)C)CCNCC1. The highest BCUT2D eigenvalue weighted by Gasteiger charge is 2.40. The van der Waals surface area contributed by atoms with Gasteiger partial charge >= 0.3 is 0 Å². The van der Waals surface area contributed by atoms with Crippen LogP contribution in [-0.2, 0) is 0 Å². The number of piperidine rings is 1. The van der Waals surface area contributed by atoms with Gasteiger partial charge in [0.2, 0.25) is 0 Å². The third-order valence-electron chi connectivity index (χ3n) is 4.17. The van der Waals surface area contributed by atoms with Crippen molar-refractivity contribution in [2.24, 2.45) is 5.41 Å². The lowest BCUT2D eigenvalue weighted by atomic mass is 9.72. The summed E-state index contributed by atoms with van der Waals surface area (Å²) in [7, 11) is 0. The molecule has 0 atom stereocenters. The molecule has 106 valence electrons. The fourth-order valence-corrected chi connectivity index (χ4v) is 3.06. The number of halogens is 1. The molecular formula is C14H22ClN3O. The van der Waals surface area contributed by atoms with E-state index in [0.717, 1.165) is 32.4 Å². The van der Waals surface area contributed by atoms with Gasteiger partial charge in [-0.2, -0.15) is 5.10 Å². The number of hydrogen-bond donors (Lipinski definition) is 1. The van der Waals surface area contributed by atoms with Crippen molar-refractivity contribution in [3.8, 4) is 0 Å². The Morgan fingerprint density at radius 3 is 2.68 bits per heavy atom. The number of aromatic nitrogens is 2. The van der Waals surface area contributed by atoms with Gasteiger partial charge in [-0.05, 0) is 46.2 Å². The van der Waals surface area contributed by atoms with Crippen LogP contribution in [0.2, 0.25) is 5.02 Å². The first kappa shape index (κ1) is 14.5. The fourth-order valence-electron chi connectivity index (χ4n) is 2.84. The molecule has 4 nitrogen and oxygen atoms in total. The molecule has 1 aromatic heterocycles. The summed E-state index contributed by atoms with van der Waals surface area (Å²) >= 11 is 6.20. The lowest BCUT2D eigenvalue weighted by Gasteiger charge is -2.35. The predicted molar refractivity (Wildman–Crippen MR) is 76.8 cm³/mol. The molecule has 1 N–H and O–H groups in total. The molecule has 0 radical (unpaired) electrons. The third-order valence-corrected chi connectivity index (χ3v) is 4.45. The van der Waals surface area contributed by atoms with Gasteiger partial charge in [-0.15, -0.1) is 0 Å². The Hall–Kier alpha value is -0.870. The maximum absolute atomic E-state index is 13.0. The fraction of sp³-hybridized carbons (Fsp3) is 0.714. The summed E-state index contributed by atoms with van der Waals surface area (Å²) in [5.74, 6) is 0.160. The van der Waals surface area contributed by atoms with Crippen LogP contribution in [-0.4, -0.2) is 28.7 Å². The lowest BCUT2D eigenvalue weighted by molar-refractivity contribution is 0.0703. The van der Waals surface area contributed by atoms with Crippen LogP contribution in [0.4, 0.5) is 0 Å². The summed E-state index contributed by atoms with van der Waals surface area (Å²) in [4.78, 5) is 13.0. The standard InChI is InChI=1S/C14H22ClN3O/c1-4-14(5-7-16-8-6-14)13(19)12-11(15)9-17-18(12)10(2)3/h9-10,16H,4-8H2,1-3H3. The molecule has 0 bridgehead atoms. The summed E-state index contributed by atoms with van der Waals surface area (Å²) in [6.45, 7) is 7.91. The zero-order valence-corrected chi connectivity index (χ0v) is 12.6. The molecule has 2 heterocycles. The Morgan fingerprint density at radius 1 is 1.53 bits per heavy atom. The molecule has 5 heteroatoms. The monoisotopic (exact) mass is 283 g/mol. The first-order chi connectivity index (χ1) is 9.02. The Kier molecular flexibility index (Phi) is 4.31. The Morgan fingerprint density at radius 2 is 2.16 bits per heavy atom. The quantitative estimate of drug-likeness (QED) is 0.864. The van der Waals surface area contributed by atoms with Gasteiger partial charge in [0.15, 0.2) is 5.78 Å². The lowest BCUT2D eigenvalue weighted by Crippen LogP contribution is -2.42. The zero-order valence-electron chi connectivity index (χ0n) is 11.9. The van der Waals surface area contributed by atoms with Gasteiger partial charge in [0.1, 0.15) is 5.69 Å². The van der Waals surface area contributed by atoms with Crippen LogP contribution in [0, 0.1) is 5.41 Å². The first-order valence-electron chi connectivity index (χ1n) is 7.00. The maximum atomic E-state index is 13.0. The van der Waals surface area contributed by atoms with Gasteiger partial charge in [-0.1, -0.05) is 18.5 Å². The summed E-state index contributed by atoms with van der Waals surface area (Å²) in [5.41, 5.74) is 0.307. The molecule has 0 amide bonds. The number of hydrogen-bond acceptors (Lipinski definition) is 3. The number of ketones is 1. The molecule has 2 rings (SSSR count). The van der Waals surface area contributed by atoms with Crippen molar-refractivity contribution in [1.82, 2.24) is 15.1 Å². The van der Waals surface area contributed by atoms with Crippen molar-refractivity contribution in [3.05, 3.63) is 16.9 Å². The minimum absolute atomic E-state index is 0.141. The Labute approximate surface area is 119 Å². The Balaban J connectivity index is 2.40. The second-order valence-corrected chi connectivity index (χ2v) is 6.00.